The van der Waals surface area contributed by atoms with Gasteiger partial charge in [0.25, 0.3) is 0 Å². The molecule has 0 radical (unpaired) electrons. The molecule has 2 aromatic carbocycles. The summed E-state index contributed by atoms with van der Waals surface area (Å²) in [5.74, 6) is 2.07. The van der Waals surface area contributed by atoms with Gasteiger partial charge in [0.15, 0.2) is 11.5 Å². The van der Waals surface area contributed by atoms with Crippen molar-refractivity contribution in [2.75, 3.05) is 45.4 Å². The summed E-state index contributed by atoms with van der Waals surface area (Å²) in [5, 5.41) is 9.19. The Bertz CT molecular complexity index is 918. The molecule has 1 saturated heterocycles. The van der Waals surface area contributed by atoms with E-state index in [0.29, 0.717) is 44.2 Å². The normalized spacial score (nSPS) is 13.9. The second-order valence-electron chi connectivity index (χ2n) is 8.22. The number of anilines is 1. The second-order valence-corrected chi connectivity index (χ2v) is 8.22. The van der Waals surface area contributed by atoms with E-state index in [4.69, 9.17) is 14.2 Å². The maximum Gasteiger partial charge on any atom is 0.324 e. The van der Waals surface area contributed by atoms with E-state index in [2.05, 4.69) is 6.92 Å². The minimum atomic E-state index is -0.0372. The quantitative estimate of drug-likeness (QED) is 0.471. The van der Waals surface area contributed by atoms with Crippen LogP contribution in [0.25, 0.3) is 0 Å². The number of ether oxygens (including phenoxy) is 3. The van der Waals surface area contributed by atoms with Crippen LogP contribution in [0.1, 0.15) is 43.7 Å². The average Bonchev–Trinajstić information content (AvgIpc) is 2.84. The Morgan fingerprint density at radius 3 is 2.52 bits per heavy atom. The summed E-state index contributed by atoms with van der Waals surface area (Å²) in [6.07, 6.45) is 4.68. The summed E-state index contributed by atoms with van der Waals surface area (Å²) in [4.78, 5) is 17.0. The highest BCUT2D eigenvalue weighted by atomic mass is 16.5. The number of rotatable bonds is 12. The number of carbonyl (C=O) groups is 1. The molecule has 2 amide bonds. The van der Waals surface area contributed by atoms with Gasteiger partial charge >= 0.3 is 6.03 Å². The summed E-state index contributed by atoms with van der Waals surface area (Å²) >= 11 is 0. The highest BCUT2D eigenvalue weighted by Gasteiger charge is 2.28. The van der Waals surface area contributed by atoms with Crippen molar-refractivity contribution in [1.29, 1.82) is 0 Å². The third-order valence-corrected chi connectivity index (χ3v) is 5.89. The van der Waals surface area contributed by atoms with E-state index in [-0.39, 0.29) is 12.6 Å². The van der Waals surface area contributed by atoms with Crippen LogP contribution in [-0.4, -0.2) is 56.6 Å². The van der Waals surface area contributed by atoms with Crippen molar-refractivity contribution < 1.29 is 24.1 Å². The van der Waals surface area contributed by atoms with Crippen molar-refractivity contribution >= 4 is 11.7 Å². The number of hydrogen-bond donors (Lipinski definition) is 1. The molecule has 1 heterocycles. The van der Waals surface area contributed by atoms with Crippen molar-refractivity contribution in [1.82, 2.24) is 4.90 Å². The summed E-state index contributed by atoms with van der Waals surface area (Å²) in [7, 11) is 3.26. The molecule has 180 valence electrons. The SMILES string of the molecule is CCCCCOc1cc(N2CCCN(Cc3ccc(CCO)cc3OC)C2=O)ccc1OC. The van der Waals surface area contributed by atoms with Crippen molar-refractivity contribution in [3.05, 3.63) is 47.5 Å². The molecular formula is C26H36N2O5. The fraction of sp³-hybridized carbons (Fsp3) is 0.500. The summed E-state index contributed by atoms with van der Waals surface area (Å²) < 4.78 is 17.0. The topological polar surface area (TPSA) is 71.5 Å². The van der Waals surface area contributed by atoms with Gasteiger partial charge in [-0.2, -0.15) is 0 Å². The number of unbranched alkanes of at least 4 members (excludes halogenated alkanes) is 2. The third-order valence-electron chi connectivity index (χ3n) is 5.89. The zero-order valence-electron chi connectivity index (χ0n) is 20.0. The number of methoxy groups -OCH3 is 2. The van der Waals surface area contributed by atoms with Gasteiger partial charge in [0, 0.05) is 37.0 Å². The molecular weight excluding hydrogens is 420 g/mol. The van der Waals surface area contributed by atoms with E-state index in [0.717, 1.165) is 48.2 Å². The maximum absolute atomic E-state index is 13.4. The molecule has 0 atom stereocenters. The lowest BCUT2D eigenvalue weighted by Gasteiger charge is -2.36. The van der Waals surface area contributed by atoms with Crippen LogP contribution in [-0.2, 0) is 13.0 Å². The van der Waals surface area contributed by atoms with Gasteiger partial charge in [-0.15, -0.1) is 0 Å². The molecule has 0 spiro atoms. The largest absolute Gasteiger partial charge is 0.496 e. The predicted molar refractivity (Wildman–Crippen MR) is 130 cm³/mol. The van der Waals surface area contributed by atoms with Crippen molar-refractivity contribution in [2.24, 2.45) is 0 Å². The first kappa shape index (κ1) is 24.7. The zero-order chi connectivity index (χ0) is 23.6. The molecule has 0 aliphatic carbocycles. The standard InChI is InChI=1S/C26H36N2O5/c1-4-5-6-16-33-25-18-22(10-11-23(25)31-2)28-14-7-13-27(26(28)30)19-21-9-8-20(12-15-29)17-24(21)32-3/h8-11,17-18,29H,4-7,12-16,19H2,1-3H3. The predicted octanol–water partition coefficient (Wildman–Crippen LogP) is 4.64. The Morgan fingerprint density at radius 2 is 1.79 bits per heavy atom. The van der Waals surface area contributed by atoms with Gasteiger partial charge < -0.3 is 24.2 Å². The number of nitrogens with zero attached hydrogens (tertiary/aromatic N) is 2. The van der Waals surface area contributed by atoms with Crippen molar-refractivity contribution in [3.63, 3.8) is 0 Å². The van der Waals surface area contributed by atoms with Crippen molar-refractivity contribution in [2.45, 2.75) is 45.6 Å². The van der Waals surface area contributed by atoms with Gasteiger partial charge in [-0.3, -0.25) is 4.90 Å². The fourth-order valence-electron chi connectivity index (χ4n) is 4.06. The Hall–Kier alpha value is -2.93. The first-order chi connectivity index (χ1) is 16.1. The van der Waals surface area contributed by atoms with Crippen LogP contribution in [0.3, 0.4) is 0 Å². The number of urea groups is 1. The van der Waals surface area contributed by atoms with Crippen LogP contribution < -0.4 is 19.1 Å². The van der Waals surface area contributed by atoms with Gasteiger partial charge in [0.2, 0.25) is 0 Å². The Balaban J connectivity index is 1.75. The van der Waals surface area contributed by atoms with E-state index in [1.54, 1.807) is 19.1 Å². The lowest BCUT2D eigenvalue weighted by Crippen LogP contribution is -2.49. The minimum absolute atomic E-state index is 0.0372. The maximum atomic E-state index is 13.4. The van der Waals surface area contributed by atoms with Gasteiger partial charge in [-0.05, 0) is 43.0 Å². The number of benzene rings is 2. The molecule has 3 rings (SSSR count). The molecule has 0 aromatic heterocycles. The van der Waals surface area contributed by atoms with Gasteiger partial charge in [0.1, 0.15) is 5.75 Å². The Kier molecular flexibility index (Phi) is 9.24. The Morgan fingerprint density at radius 1 is 0.970 bits per heavy atom. The lowest BCUT2D eigenvalue weighted by atomic mass is 10.1. The van der Waals surface area contributed by atoms with Crippen LogP contribution in [0.2, 0.25) is 0 Å². The number of hydrogen-bond acceptors (Lipinski definition) is 5. The van der Waals surface area contributed by atoms with E-state index in [9.17, 15) is 9.90 Å². The number of aliphatic hydroxyl groups is 1. The first-order valence-corrected chi connectivity index (χ1v) is 11.7. The summed E-state index contributed by atoms with van der Waals surface area (Å²) in [5.41, 5.74) is 2.76. The van der Waals surface area contributed by atoms with Crippen LogP contribution in [0.5, 0.6) is 17.2 Å². The Labute approximate surface area is 196 Å². The van der Waals surface area contributed by atoms with Crippen LogP contribution in [0.4, 0.5) is 10.5 Å². The molecule has 2 aromatic rings. The number of aliphatic hydroxyl groups excluding tert-OH is 1. The lowest BCUT2D eigenvalue weighted by molar-refractivity contribution is 0.191. The highest BCUT2D eigenvalue weighted by molar-refractivity contribution is 5.93. The molecule has 1 aliphatic rings. The molecule has 1 fully saturated rings. The average molecular weight is 457 g/mol. The molecule has 33 heavy (non-hydrogen) atoms. The number of carbonyl (C=O) groups excluding carboxylic acids is 1. The molecule has 0 unspecified atom stereocenters. The molecule has 1 aliphatic heterocycles. The molecule has 0 saturated carbocycles. The fourth-order valence-corrected chi connectivity index (χ4v) is 4.06. The zero-order valence-corrected chi connectivity index (χ0v) is 20.0. The van der Waals surface area contributed by atoms with E-state index in [1.807, 2.05) is 41.3 Å². The van der Waals surface area contributed by atoms with Crippen LogP contribution >= 0.6 is 0 Å². The molecule has 0 bridgehead atoms. The highest BCUT2D eigenvalue weighted by Crippen LogP contribution is 2.34. The molecule has 1 N–H and O–H groups in total. The van der Waals surface area contributed by atoms with E-state index >= 15 is 0 Å². The summed E-state index contributed by atoms with van der Waals surface area (Å²) in [6, 6.07) is 11.5. The molecule has 7 heteroatoms. The monoisotopic (exact) mass is 456 g/mol. The van der Waals surface area contributed by atoms with E-state index in [1.165, 1.54) is 0 Å². The minimum Gasteiger partial charge on any atom is -0.496 e. The van der Waals surface area contributed by atoms with Gasteiger partial charge in [-0.1, -0.05) is 31.9 Å². The van der Waals surface area contributed by atoms with Crippen LogP contribution in [0.15, 0.2) is 36.4 Å². The first-order valence-electron chi connectivity index (χ1n) is 11.7. The van der Waals surface area contributed by atoms with E-state index < -0.39 is 0 Å². The van der Waals surface area contributed by atoms with Gasteiger partial charge in [-0.25, -0.2) is 4.79 Å². The summed E-state index contributed by atoms with van der Waals surface area (Å²) in [6.45, 7) is 4.69. The number of amides is 2. The second kappa shape index (κ2) is 12.3. The third kappa shape index (κ3) is 6.32. The van der Waals surface area contributed by atoms with Gasteiger partial charge in [0.05, 0.1) is 27.4 Å². The van der Waals surface area contributed by atoms with Crippen molar-refractivity contribution in [3.8, 4) is 17.2 Å². The van der Waals surface area contributed by atoms with Crippen LogP contribution in [0, 0.1) is 0 Å². The molecule has 7 nitrogen and oxygen atoms in total. The smallest absolute Gasteiger partial charge is 0.324 e.